The van der Waals surface area contributed by atoms with Gasteiger partial charge in [0.05, 0.1) is 24.0 Å². The standard InChI is InChI=1S/C26H36N2O4/c1-2-13-27-14-7-12-26(27)17-21-22(10-6-11-23(21)32-18-26)31-16-4-3-15-28-24(29)19-8-5-9-20(19)25(28)30/h6,10-11,19-20H,2-5,7-9,12-18H2,1H3. The number of ether oxygens (including phenoxy) is 2. The Kier molecular flexibility index (Phi) is 6.15. The molecule has 1 aromatic carbocycles. The number of hydrogen-bond acceptors (Lipinski definition) is 5. The van der Waals surface area contributed by atoms with Crippen molar-refractivity contribution in [1.29, 1.82) is 0 Å². The van der Waals surface area contributed by atoms with Crippen LogP contribution in [0.5, 0.6) is 11.5 Å². The van der Waals surface area contributed by atoms with Gasteiger partial charge in [-0.15, -0.1) is 0 Å². The van der Waals surface area contributed by atoms with Crippen molar-refractivity contribution in [2.24, 2.45) is 11.8 Å². The number of nitrogens with zero attached hydrogens (tertiary/aromatic N) is 2. The molecule has 1 aliphatic carbocycles. The lowest BCUT2D eigenvalue weighted by molar-refractivity contribution is -0.140. The van der Waals surface area contributed by atoms with Crippen LogP contribution in [0.3, 0.4) is 0 Å². The first kappa shape index (κ1) is 21.7. The number of likely N-dealkylation sites (tertiary alicyclic amines) is 2. The number of carbonyl (C=O) groups is 2. The largest absolute Gasteiger partial charge is 0.493 e. The molecule has 2 saturated heterocycles. The normalized spacial score (nSPS) is 29.5. The minimum absolute atomic E-state index is 0.0372. The zero-order chi connectivity index (χ0) is 22.1. The summed E-state index contributed by atoms with van der Waals surface area (Å²) >= 11 is 0. The van der Waals surface area contributed by atoms with Gasteiger partial charge in [0.2, 0.25) is 11.8 Å². The molecule has 3 unspecified atom stereocenters. The van der Waals surface area contributed by atoms with Gasteiger partial charge in [-0.2, -0.15) is 0 Å². The number of amides is 2. The van der Waals surface area contributed by atoms with E-state index in [9.17, 15) is 9.59 Å². The molecule has 1 saturated carbocycles. The van der Waals surface area contributed by atoms with Crippen LogP contribution in [0.15, 0.2) is 18.2 Å². The van der Waals surface area contributed by atoms with Crippen molar-refractivity contribution < 1.29 is 19.1 Å². The van der Waals surface area contributed by atoms with Crippen molar-refractivity contribution in [3.05, 3.63) is 23.8 Å². The zero-order valence-electron chi connectivity index (χ0n) is 19.3. The minimum Gasteiger partial charge on any atom is -0.493 e. The molecule has 4 aliphatic rings. The summed E-state index contributed by atoms with van der Waals surface area (Å²) in [6.45, 7) is 6.41. The van der Waals surface area contributed by atoms with Crippen LogP contribution in [0.25, 0.3) is 0 Å². The Bertz CT molecular complexity index is 849. The molecule has 174 valence electrons. The van der Waals surface area contributed by atoms with Crippen LogP contribution < -0.4 is 9.47 Å². The van der Waals surface area contributed by atoms with Crippen LogP contribution >= 0.6 is 0 Å². The molecule has 0 radical (unpaired) electrons. The number of unbranched alkanes of at least 4 members (excludes halogenated alkanes) is 1. The number of fused-ring (bicyclic) bond motifs is 2. The molecule has 1 aromatic rings. The quantitative estimate of drug-likeness (QED) is 0.454. The Morgan fingerprint density at radius 3 is 2.69 bits per heavy atom. The fourth-order valence-corrected chi connectivity index (χ4v) is 6.39. The molecule has 0 aromatic heterocycles. The Labute approximate surface area is 191 Å². The smallest absolute Gasteiger partial charge is 0.233 e. The van der Waals surface area contributed by atoms with E-state index in [4.69, 9.17) is 9.47 Å². The number of benzene rings is 1. The van der Waals surface area contributed by atoms with Gasteiger partial charge >= 0.3 is 0 Å². The lowest BCUT2D eigenvalue weighted by Crippen LogP contribution is -2.52. The second-order valence-electron chi connectivity index (χ2n) is 10.0. The van der Waals surface area contributed by atoms with Crippen molar-refractivity contribution in [3.63, 3.8) is 0 Å². The molecule has 5 rings (SSSR count). The summed E-state index contributed by atoms with van der Waals surface area (Å²) in [7, 11) is 0. The van der Waals surface area contributed by atoms with E-state index < -0.39 is 0 Å². The van der Waals surface area contributed by atoms with Crippen LogP contribution in [0.1, 0.15) is 63.9 Å². The second kappa shape index (κ2) is 9.05. The lowest BCUT2D eigenvalue weighted by atomic mass is 9.86. The van der Waals surface area contributed by atoms with E-state index in [2.05, 4.69) is 24.0 Å². The first-order chi connectivity index (χ1) is 15.6. The summed E-state index contributed by atoms with van der Waals surface area (Å²) in [6.07, 6.45) is 8.95. The van der Waals surface area contributed by atoms with E-state index in [1.54, 1.807) is 0 Å². The third-order valence-electron chi connectivity index (χ3n) is 8.04. The van der Waals surface area contributed by atoms with Crippen LogP contribution in [0, 0.1) is 11.8 Å². The molecule has 0 bridgehead atoms. The Balaban J connectivity index is 1.16. The first-order valence-electron chi connectivity index (χ1n) is 12.6. The Morgan fingerprint density at radius 2 is 1.91 bits per heavy atom. The van der Waals surface area contributed by atoms with E-state index in [0.717, 1.165) is 76.1 Å². The molecule has 3 atom stereocenters. The maximum absolute atomic E-state index is 12.5. The number of carbonyl (C=O) groups excluding carboxylic acids is 2. The van der Waals surface area contributed by atoms with Crippen LogP contribution in [-0.4, -0.2) is 60.0 Å². The second-order valence-corrected chi connectivity index (χ2v) is 10.0. The van der Waals surface area contributed by atoms with E-state index in [-0.39, 0.29) is 29.2 Å². The molecular weight excluding hydrogens is 404 g/mol. The first-order valence-corrected chi connectivity index (χ1v) is 12.6. The topological polar surface area (TPSA) is 59.1 Å². The summed E-state index contributed by atoms with van der Waals surface area (Å²) in [5.41, 5.74) is 1.30. The van der Waals surface area contributed by atoms with Crippen molar-refractivity contribution in [2.75, 3.05) is 32.8 Å². The fraction of sp³-hybridized carbons (Fsp3) is 0.692. The van der Waals surface area contributed by atoms with Crippen molar-refractivity contribution in [1.82, 2.24) is 9.80 Å². The predicted molar refractivity (Wildman–Crippen MR) is 122 cm³/mol. The van der Waals surface area contributed by atoms with E-state index in [1.807, 2.05) is 6.07 Å². The van der Waals surface area contributed by atoms with E-state index in [1.165, 1.54) is 23.3 Å². The highest BCUT2D eigenvalue weighted by Crippen LogP contribution is 2.43. The summed E-state index contributed by atoms with van der Waals surface area (Å²) < 4.78 is 12.4. The Hall–Kier alpha value is -2.08. The van der Waals surface area contributed by atoms with Gasteiger partial charge in [0.25, 0.3) is 0 Å². The number of imide groups is 1. The van der Waals surface area contributed by atoms with Gasteiger partial charge in [-0.1, -0.05) is 19.4 Å². The average molecular weight is 441 g/mol. The highest BCUT2D eigenvalue weighted by atomic mass is 16.5. The van der Waals surface area contributed by atoms with E-state index >= 15 is 0 Å². The van der Waals surface area contributed by atoms with Gasteiger partial charge in [-0.05, 0) is 70.2 Å². The van der Waals surface area contributed by atoms with Gasteiger partial charge in [0.1, 0.15) is 18.1 Å². The van der Waals surface area contributed by atoms with Crippen molar-refractivity contribution in [2.45, 2.75) is 70.3 Å². The lowest BCUT2D eigenvalue weighted by Gasteiger charge is -2.42. The van der Waals surface area contributed by atoms with Crippen LogP contribution in [0.2, 0.25) is 0 Å². The summed E-state index contributed by atoms with van der Waals surface area (Å²) in [5, 5.41) is 0. The molecule has 3 heterocycles. The predicted octanol–water partition coefficient (Wildman–Crippen LogP) is 3.81. The van der Waals surface area contributed by atoms with Gasteiger partial charge in [-0.3, -0.25) is 19.4 Å². The third kappa shape index (κ3) is 3.81. The van der Waals surface area contributed by atoms with Gasteiger partial charge < -0.3 is 9.47 Å². The maximum Gasteiger partial charge on any atom is 0.233 e. The highest BCUT2D eigenvalue weighted by molar-refractivity contribution is 6.05. The highest BCUT2D eigenvalue weighted by Gasteiger charge is 2.49. The minimum atomic E-state index is -0.0372. The molecule has 6 heteroatoms. The van der Waals surface area contributed by atoms with Crippen LogP contribution in [0.4, 0.5) is 0 Å². The van der Waals surface area contributed by atoms with Gasteiger partial charge in [-0.25, -0.2) is 0 Å². The Morgan fingerprint density at radius 1 is 1.09 bits per heavy atom. The molecule has 1 spiro atoms. The number of rotatable bonds is 8. The van der Waals surface area contributed by atoms with E-state index in [0.29, 0.717) is 13.2 Å². The van der Waals surface area contributed by atoms with Crippen LogP contribution in [-0.2, 0) is 16.0 Å². The van der Waals surface area contributed by atoms with Crippen molar-refractivity contribution in [3.8, 4) is 11.5 Å². The SMILES string of the molecule is CCCN1CCCC12COc1cccc(OCCCCN3C(=O)C4CCCC4C3=O)c1C2. The average Bonchev–Trinajstić information content (AvgIpc) is 3.48. The summed E-state index contributed by atoms with van der Waals surface area (Å²) in [6, 6.07) is 6.11. The maximum atomic E-state index is 12.5. The summed E-state index contributed by atoms with van der Waals surface area (Å²) in [4.78, 5) is 29.1. The molecule has 0 N–H and O–H groups in total. The summed E-state index contributed by atoms with van der Waals surface area (Å²) in [5.74, 6) is 1.93. The van der Waals surface area contributed by atoms with Gasteiger partial charge in [0.15, 0.2) is 0 Å². The fourth-order valence-electron chi connectivity index (χ4n) is 6.39. The zero-order valence-corrected chi connectivity index (χ0v) is 19.3. The molecule has 32 heavy (non-hydrogen) atoms. The monoisotopic (exact) mass is 440 g/mol. The van der Waals surface area contributed by atoms with Gasteiger partial charge in [0, 0.05) is 18.5 Å². The molecule has 2 amide bonds. The molecule has 3 fully saturated rings. The number of hydrogen-bond donors (Lipinski definition) is 0. The van der Waals surface area contributed by atoms with Crippen molar-refractivity contribution >= 4 is 11.8 Å². The third-order valence-corrected chi connectivity index (χ3v) is 8.04. The molecular formula is C26H36N2O4. The molecule has 3 aliphatic heterocycles. The molecule has 6 nitrogen and oxygen atoms in total.